The number of methoxy groups -OCH3 is 1. The number of amides is 4. The lowest BCUT2D eigenvalue weighted by atomic mass is 10.0. The first-order valence-electron chi connectivity index (χ1n) is 14.3. The molecule has 1 aromatic heterocycles. The van der Waals surface area contributed by atoms with E-state index in [9.17, 15) is 51.2 Å². The van der Waals surface area contributed by atoms with E-state index in [1.165, 1.54) is 61.8 Å². The molecule has 3 rings (SSSR count). The Balaban J connectivity index is 1.90. The van der Waals surface area contributed by atoms with Crippen LogP contribution >= 0.6 is 0 Å². The van der Waals surface area contributed by atoms with Gasteiger partial charge < -0.3 is 26.0 Å². The number of aromatic nitrogens is 1. The molecule has 0 saturated carbocycles. The number of pyridine rings is 1. The third-order valence-corrected chi connectivity index (χ3v) is 6.81. The van der Waals surface area contributed by atoms with Crippen molar-refractivity contribution in [3.05, 3.63) is 95.3 Å². The van der Waals surface area contributed by atoms with Gasteiger partial charge in [0.1, 0.15) is 30.1 Å². The van der Waals surface area contributed by atoms with Gasteiger partial charge in [-0.05, 0) is 54.4 Å². The predicted molar refractivity (Wildman–Crippen MR) is 161 cm³/mol. The molecule has 0 saturated heterocycles. The number of ether oxygens (including phenoxy) is 1. The molecule has 0 unspecified atom stereocenters. The molecule has 49 heavy (non-hydrogen) atoms. The van der Waals surface area contributed by atoms with E-state index in [0.29, 0.717) is 11.3 Å². The number of hydrogen-bond acceptors (Lipinski definition) is 8. The number of carbonyl (C=O) groups is 5. The summed E-state index contributed by atoms with van der Waals surface area (Å²) in [5, 5.41) is 17.1. The normalized spacial score (nSPS) is 13.1. The van der Waals surface area contributed by atoms with Crippen molar-refractivity contribution in [3.63, 3.8) is 0 Å². The van der Waals surface area contributed by atoms with Crippen LogP contribution in [-0.4, -0.2) is 72.2 Å². The van der Waals surface area contributed by atoms with Crippen LogP contribution in [0, 0.1) is 11.3 Å². The molecule has 12 nitrogen and oxygen atoms in total. The number of hydrogen-bond donors (Lipinski definition) is 4. The minimum atomic E-state index is -5.04. The van der Waals surface area contributed by atoms with Crippen molar-refractivity contribution >= 4 is 29.4 Å². The van der Waals surface area contributed by atoms with Gasteiger partial charge in [0.2, 0.25) is 17.6 Å². The van der Waals surface area contributed by atoms with Crippen LogP contribution in [0.15, 0.2) is 72.9 Å². The Bertz CT molecular complexity index is 1710. The van der Waals surface area contributed by atoms with Crippen LogP contribution in [0.25, 0.3) is 0 Å². The molecule has 4 N–H and O–H groups in total. The maximum Gasteiger partial charge on any atom is 0.405 e. The molecule has 3 aromatic rings. The van der Waals surface area contributed by atoms with Crippen LogP contribution in [0.3, 0.4) is 0 Å². The van der Waals surface area contributed by atoms with Crippen LogP contribution in [0.2, 0.25) is 0 Å². The molecule has 0 radical (unpaired) electrons. The number of rotatable bonds is 14. The zero-order valence-electron chi connectivity index (χ0n) is 25.8. The lowest BCUT2D eigenvalue weighted by Gasteiger charge is -2.26. The molecular formula is C32H29F5N6O6. The second-order valence-electron chi connectivity index (χ2n) is 10.4. The minimum Gasteiger partial charge on any atom is -0.497 e. The van der Waals surface area contributed by atoms with Gasteiger partial charge in [0.05, 0.1) is 24.8 Å². The highest BCUT2D eigenvalue weighted by Gasteiger charge is 2.50. The zero-order chi connectivity index (χ0) is 36.4. The standard InChI is InChI=1S/C32H29F5N6O6/c1-18(26(44)32(36,37)30(48)40-17-31(33,34)35)41-29(47)25(21-9-11-22(49-2)12-10-21)43-28(46)24(15-19-6-5-7-20(14-19)16-38)42-27(45)23-8-3-4-13-39-23/h3-14,18,24-25H,15,17H2,1-2H3,(H,40,48)(H,41,47)(H,42,45)(H,43,46)/t18-,24-,25-/m0/s1. The average molecular weight is 689 g/mol. The summed E-state index contributed by atoms with van der Waals surface area (Å²) in [6.45, 7) is -1.35. The van der Waals surface area contributed by atoms with Gasteiger partial charge in [0.15, 0.2) is 0 Å². The van der Waals surface area contributed by atoms with E-state index in [4.69, 9.17) is 4.74 Å². The number of nitrogens with zero attached hydrogens (tertiary/aromatic N) is 2. The first kappa shape index (κ1) is 37.5. The maximum atomic E-state index is 14.5. The number of nitriles is 1. The van der Waals surface area contributed by atoms with Crippen LogP contribution in [0.4, 0.5) is 22.0 Å². The Labute approximate surface area is 276 Å². The van der Waals surface area contributed by atoms with Gasteiger partial charge in [-0.15, -0.1) is 0 Å². The summed E-state index contributed by atoms with van der Waals surface area (Å²) < 4.78 is 71.4. The number of Topliss-reactive ketones (excluding diaryl/α,β-unsaturated/α-hetero) is 1. The molecule has 3 atom stereocenters. The fourth-order valence-corrected chi connectivity index (χ4v) is 4.32. The molecular weight excluding hydrogens is 659 g/mol. The first-order valence-corrected chi connectivity index (χ1v) is 14.3. The second kappa shape index (κ2) is 16.3. The van der Waals surface area contributed by atoms with Crippen LogP contribution < -0.4 is 26.0 Å². The molecule has 0 aliphatic rings. The number of nitrogens with one attached hydrogen (secondary N) is 4. The Kier molecular flexibility index (Phi) is 12.5. The summed E-state index contributed by atoms with van der Waals surface area (Å²) in [6.07, 6.45) is -3.88. The summed E-state index contributed by atoms with van der Waals surface area (Å²) in [5.41, 5.74) is 0.701. The minimum absolute atomic E-state index is 0.0527. The molecule has 0 aliphatic carbocycles. The first-order chi connectivity index (χ1) is 23.0. The number of carbonyl (C=O) groups excluding carboxylic acids is 5. The molecule has 0 aliphatic heterocycles. The van der Waals surface area contributed by atoms with E-state index in [2.05, 4.69) is 15.6 Å². The zero-order valence-corrected chi connectivity index (χ0v) is 25.8. The van der Waals surface area contributed by atoms with E-state index in [0.717, 1.165) is 12.2 Å². The quantitative estimate of drug-likeness (QED) is 0.147. The van der Waals surface area contributed by atoms with Crippen molar-refractivity contribution in [1.82, 2.24) is 26.3 Å². The summed E-state index contributed by atoms with van der Waals surface area (Å²) in [6, 6.07) is 12.8. The smallest absolute Gasteiger partial charge is 0.405 e. The fraction of sp³-hybridized carbons (Fsp3) is 0.281. The number of ketones is 1. The lowest BCUT2D eigenvalue weighted by Crippen LogP contribution is -2.56. The summed E-state index contributed by atoms with van der Waals surface area (Å²) in [5.74, 6) is -12.3. The highest BCUT2D eigenvalue weighted by molar-refractivity contribution is 6.10. The van der Waals surface area contributed by atoms with E-state index in [1.54, 1.807) is 18.2 Å². The van der Waals surface area contributed by atoms with Crippen molar-refractivity contribution in [1.29, 1.82) is 5.26 Å². The van der Waals surface area contributed by atoms with E-state index < -0.39 is 66.2 Å². The Morgan fingerprint density at radius 3 is 2.18 bits per heavy atom. The molecule has 2 aromatic carbocycles. The average Bonchev–Trinajstić information content (AvgIpc) is 3.08. The van der Waals surface area contributed by atoms with Gasteiger partial charge in [-0.3, -0.25) is 29.0 Å². The highest BCUT2D eigenvalue weighted by atomic mass is 19.4. The Hall–Kier alpha value is -5.92. The van der Waals surface area contributed by atoms with Crippen LogP contribution in [-0.2, 0) is 25.6 Å². The third kappa shape index (κ3) is 10.5. The highest BCUT2D eigenvalue weighted by Crippen LogP contribution is 2.22. The van der Waals surface area contributed by atoms with Crippen molar-refractivity contribution < 1.29 is 50.7 Å². The van der Waals surface area contributed by atoms with Gasteiger partial charge in [-0.2, -0.15) is 27.2 Å². The molecule has 0 bridgehead atoms. The molecule has 258 valence electrons. The monoisotopic (exact) mass is 688 g/mol. The number of alkyl halides is 5. The summed E-state index contributed by atoms with van der Waals surface area (Å²) >= 11 is 0. The van der Waals surface area contributed by atoms with Crippen molar-refractivity contribution in [2.45, 2.75) is 43.6 Å². The topological polar surface area (TPSA) is 179 Å². The predicted octanol–water partition coefficient (Wildman–Crippen LogP) is 2.55. The Morgan fingerprint density at radius 1 is 0.898 bits per heavy atom. The van der Waals surface area contributed by atoms with Crippen LogP contribution in [0.5, 0.6) is 5.75 Å². The van der Waals surface area contributed by atoms with Gasteiger partial charge in [0.25, 0.3) is 11.8 Å². The van der Waals surface area contributed by atoms with Crippen molar-refractivity contribution in [3.8, 4) is 11.8 Å². The van der Waals surface area contributed by atoms with Gasteiger partial charge in [0, 0.05) is 12.6 Å². The SMILES string of the molecule is COc1ccc([C@H](NC(=O)[C@H](Cc2cccc(C#N)c2)NC(=O)c2ccccn2)C(=O)N[C@@H](C)C(=O)C(F)(F)C(=O)NCC(F)(F)F)cc1. The molecule has 4 amide bonds. The maximum absolute atomic E-state index is 14.5. The Morgan fingerprint density at radius 2 is 1.59 bits per heavy atom. The van der Waals surface area contributed by atoms with E-state index in [1.807, 2.05) is 11.4 Å². The van der Waals surface area contributed by atoms with Crippen LogP contribution in [0.1, 0.15) is 40.1 Å². The third-order valence-electron chi connectivity index (χ3n) is 6.81. The summed E-state index contributed by atoms with van der Waals surface area (Å²) in [4.78, 5) is 68.4. The molecule has 0 fully saturated rings. The van der Waals surface area contributed by atoms with Gasteiger partial charge in [-0.25, -0.2) is 0 Å². The molecule has 1 heterocycles. The molecule has 0 spiro atoms. The fourth-order valence-electron chi connectivity index (χ4n) is 4.32. The van der Waals surface area contributed by atoms with Gasteiger partial charge in [-0.1, -0.05) is 30.3 Å². The van der Waals surface area contributed by atoms with Crippen molar-refractivity contribution in [2.75, 3.05) is 13.7 Å². The van der Waals surface area contributed by atoms with E-state index in [-0.39, 0.29) is 23.2 Å². The number of benzene rings is 2. The number of halogens is 5. The second-order valence-corrected chi connectivity index (χ2v) is 10.4. The van der Waals surface area contributed by atoms with E-state index >= 15 is 0 Å². The summed E-state index contributed by atoms with van der Waals surface area (Å²) in [7, 11) is 1.36. The molecule has 17 heteroatoms. The van der Waals surface area contributed by atoms with Crippen molar-refractivity contribution in [2.24, 2.45) is 0 Å². The lowest BCUT2D eigenvalue weighted by molar-refractivity contribution is -0.165. The van der Waals surface area contributed by atoms with Gasteiger partial charge >= 0.3 is 12.1 Å². The largest absolute Gasteiger partial charge is 0.497 e.